The van der Waals surface area contributed by atoms with Gasteiger partial charge in [-0.2, -0.15) is 0 Å². The van der Waals surface area contributed by atoms with E-state index in [1.807, 2.05) is 4.90 Å². The van der Waals surface area contributed by atoms with Crippen LogP contribution < -0.4 is 5.32 Å². The maximum atomic E-state index is 11.4. The minimum Gasteiger partial charge on any atom is -0.389 e. The minimum atomic E-state index is -0.482. The molecule has 1 aromatic carbocycles. The second-order valence-electron chi connectivity index (χ2n) is 7.82. The van der Waals surface area contributed by atoms with Crippen LogP contribution in [-0.2, 0) is 22.4 Å². The van der Waals surface area contributed by atoms with Crippen molar-refractivity contribution in [3.8, 4) is 0 Å². The van der Waals surface area contributed by atoms with Gasteiger partial charge in [0.25, 0.3) is 0 Å². The smallest absolute Gasteiger partial charge is 0.219 e. The molecule has 0 radical (unpaired) electrons. The monoisotopic (exact) mass is 359 g/mol. The molecule has 3 atom stereocenters. The zero-order chi connectivity index (χ0) is 18.1. The minimum absolute atomic E-state index is 0.00202. The van der Waals surface area contributed by atoms with E-state index in [4.69, 9.17) is 4.74 Å². The van der Waals surface area contributed by atoms with Crippen LogP contribution in [0.25, 0.3) is 0 Å². The summed E-state index contributed by atoms with van der Waals surface area (Å²) in [6.45, 7) is 6.14. The molecular weight excluding hydrogens is 330 g/mol. The van der Waals surface area contributed by atoms with Crippen LogP contribution in [0.15, 0.2) is 24.3 Å². The number of ether oxygens (including phenoxy) is 1. The van der Waals surface area contributed by atoms with Gasteiger partial charge in [0.15, 0.2) is 0 Å². The lowest BCUT2D eigenvalue weighted by Crippen LogP contribution is -2.52. The van der Waals surface area contributed by atoms with Gasteiger partial charge in [0, 0.05) is 45.7 Å². The van der Waals surface area contributed by atoms with Crippen molar-refractivity contribution in [3.05, 3.63) is 35.4 Å². The molecule has 2 aliphatic heterocycles. The van der Waals surface area contributed by atoms with Crippen molar-refractivity contribution >= 4 is 5.91 Å². The van der Waals surface area contributed by atoms with Crippen molar-refractivity contribution in [1.82, 2.24) is 15.1 Å². The van der Waals surface area contributed by atoms with E-state index in [0.717, 1.165) is 45.6 Å². The zero-order valence-corrected chi connectivity index (χ0v) is 15.4. The Balaban J connectivity index is 1.25. The molecule has 2 N–H and O–H groups in total. The van der Waals surface area contributed by atoms with Crippen molar-refractivity contribution in [3.63, 3.8) is 0 Å². The van der Waals surface area contributed by atoms with Crippen LogP contribution in [0.1, 0.15) is 18.1 Å². The fraction of sp³-hybridized carbons (Fsp3) is 0.650. The number of rotatable bonds is 4. The topological polar surface area (TPSA) is 65.0 Å². The molecule has 2 saturated heterocycles. The summed E-state index contributed by atoms with van der Waals surface area (Å²) in [4.78, 5) is 15.6. The zero-order valence-electron chi connectivity index (χ0n) is 15.4. The van der Waals surface area contributed by atoms with E-state index in [1.54, 1.807) is 6.92 Å². The average Bonchev–Trinajstić information content (AvgIpc) is 3.20. The van der Waals surface area contributed by atoms with Gasteiger partial charge in [-0.15, -0.1) is 0 Å². The van der Waals surface area contributed by atoms with Gasteiger partial charge >= 0.3 is 0 Å². The molecule has 0 aromatic heterocycles. The molecule has 0 saturated carbocycles. The van der Waals surface area contributed by atoms with E-state index < -0.39 is 6.10 Å². The quantitative estimate of drug-likeness (QED) is 0.795. The Kier molecular flexibility index (Phi) is 5.27. The van der Waals surface area contributed by atoms with Crippen molar-refractivity contribution in [2.24, 2.45) is 0 Å². The van der Waals surface area contributed by atoms with Gasteiger partial charge in [0.2, 0.25) is 5.91 Å². The van der Waals surface area contributed by atoms with Crippen LogP contribution in [-0.4, -0.2) is 84.4 Å². The van der Waals surface area contributed by atoms with E-state index in [9.17, 15) is 9.90 Å². The summed E-state index contributed by atoms with van der Waals surface area (Å²) in [7, 11) is 0. The Labute approximate surface area is 155 Å². The highest BCUT2D eigenvalue weighted by Gasteiger charge is 2.38. The maximum Gasteiger partial charge on any atom is 0.219 e. The maximum absolute atomic E-state index is 11.4. The Morgan fingerprint density at radius 1 is 1.19 bits per heavy atom. The number of aliphatic hydroxyl groups is 1. The first-order valence-electron chi connectivity index (χ1n) is 9.70. The van der Waals surface area contributed by atoms with Gasteiger partial charge in [0.05, 0.1) is 24.9 Å². The molecule has 3 aliphatic rings. The van der Waals surface area contributed by atoms with Crippen LogP contribution in [0.2, 0.25) is 0 Å². The highest BCUT2D eigenvalue weighted by atomic mass is 16.5. The van der Waals surface area contributed by atoms with Gasteiger partial charge in [-0.3, -0.25) is 9.69 Å². The number of amides is 1. The predicted molar refractivity (Wildman–Crippen MR) is 99.0 cm³/mol. The number of fused-ring (bicyclic) bond motifs is 1. The summed E-state index contributed by atoms with van der Waals surface area (Å²) in [5.41, 5.74) is 2.83. The van der Waals surface area contributed by atoms with Crippen molar-refractivity contribution in [1.29, 1.82) is 0 Å². The molecule has 1 aliphatic carbocycles. The van der Waals surface area contributed by atoms with E-state index in [1.165, 1.54) is 11.1 Å². The summed E-state index contributed by atoms with van der Waals surface area (Å²) in [6.07, 6.45) is 1.42. The Hall–Kier alpha value is -1.47. The standard InChI is InChI=1S/C20H29N3O3/c1-14(24)23-8-6-22(7-9-23)12-19-20(25)18(13-26-19)21-17-10-15-4-2-3-5-16(15)11-17/h2-5,17-21,25H,6-13H2,1H3/t18-,19-,20+/m0/s1. The van der Waals surface area contributed by atoms with E-state index in [0.29, 0.717) is 12.6 Å². The molecule has 6 nitrogen and oxygen atoms in total. The molecule has 6 heteroatoms. The van der Waals surface area contributed by atoms with Gasteiger partial charge in [-0.1, -0.05) is 24.3 Å². The highest BCUT2D eigenvalue weighted by molar-refractivity contribution is 5.73. The lowest BCUT2D eigenvalue weighted by atomic mass is 10.1. The summed E-state index contributed by atoms with van der Waals surface area (Å²) in [5.74, 6) is 0.142. The van der Waals surface area contributed by atoms with Crippen LogP contribution in [0, 0.1) is 0 Å². The first-order valence-corrected chi connectivity index (χ1v) is 9.70. The summed E-state index contributed by atoms with van der Waals surface area (Å²) in [6, 6.07) is 8.96. The number of benzene rings is 1. The van der Waals surface area contributed by atoms with Gasteiger partial charge in [-0.25, -0.2) is 0 Å². The number of piperazine rings is 1. The number of carbonyl (C=O) groups excluding carboxylic acids is 1. The second kappa shape index (κ2) is 7.64. The lowest BCUT2D eigenvalue weighted by molar-refractivity contribution is -0.130. The van der Waals surface area contributed by atoms with Gasteiger partial charge in [-0.05, 0) is 24.0 Å². The fourth-order valence-electron chi connectivity index (χ4n) is 4.47. The molecule has 0 unspecified atom stereocenters. The highest BCUT2D eigenvalue weighted by Crippen LogP contribution is 2.24. The van der Waals surface area contributed by atoms with Crippen molar-refractivity contribution in [2.45, 2.75) is 44.1 Å². The number of aliphatic hydroxyl groups excluding tert-OH is 1. The first kappa shape index (κ1) is 17.9. The third kappa shape index (κ3) is 3.78. The van der Waals surface area contributed by atoms with Gasteiger partial charge < -0.3 is 20.1 Å². The van der Waals surface area contributed by atoms with Crippen molar-refractivity contribution in [2.75, 3.05) is 39.3 Å². The Morgan fingerprint density at radius 2 is 1.85 bits per heavy atom. The molecule has 142 valence electrons. The van der Waals surface area contributed by atoms with Crippen LogP contribution in [0.3, 0.4) is 0 Å². The second-order valence-corrected chi connectivity index (χ2v) is 7.82. The predicted octanol–water partition coefficient (Wildman–Crippen LogP) is 0.0358. The lowest BCUT2D eigenvalue weighted by Gasteiger charge is -2.35. The molecule has 1 amide bonds. The summed E-state index contributed by atoms with van der Waals surface area (Å²) >= 11 is 0. The molecule has 0 spiro atoms. The van der Waals surface area contributed by atoms with E-state index in [2.05, 4.69) is 34.5 Å². The normalized spacial score (nSPS) is 29.9. The number of nitrogens with zero attached hydrogens (tertiary/aromatic N) is 2. The number of hydrogen-bond donors (Lipinski definition) is 2. The van der Waals surface area contributed by atoms with E-state index in [-0.39, 0.29) is 18.1 Å². The number of nitrogens with one attached hydrogen (secondary N) is 1. The Morgan fingerprint density at radius 3 is 2.46 bits per heavy atom. The third-order valence-corrected chi connectivity index (χ3v) is 6.04. The third-order valence-electron chi connectivity index (χ3n) is 6.04. The Bertz CT molecular complexity index is 620. The summed E-state index contributed by atoms with van der Waals surface area (Å²) < 4.78 is 5.91. The van der Waals surface area contributed by atoms with Crippen LogP contribution in [0.4, 0.5) is 0 Å². The number of carbonyl (C=O) groups is 1. The largest absolute Gasteiger partial charge is 0.389 e. The molecule has 2 heterocycles. The van der Waals surface area contributed by atoms with Crippen molar-refractivity contribution < 1.29 is 14.6 Å². The fourth-order valence-corrected chi connectivity index (χ4v) is 4.47. The summed E-state index contributed by atoms with van der Waals surface area (Å²) in [5, 5.41) is 14.3. The molecule has 4 rings (SSSR count). The molecule has 26 heavy (non-hydrogen) atoms. The molecule has 0 bridgehead atoms. The number of hydrogen-bond acceptors (Lipinski definition) is 5. The first-order chi connectivity index (χ1) is 12.6. The van der Waals surface area contributed by atoms with E-state index >= 15 is 0 Å². The average molecular weight is 359 g/mol. The van der Waals surface area contributed by atoms with Crippen LogP contribution >= 0.6 is 0 Å². The van der Waals surface area contributed by atoms with Crippen LogP contribution in [0.5, 0.6) is 0 Å². The molecular formula is C20H29N3O3. The molecule has 2 fully saturated rings. The van der Waals surface area contributed by atoms with Gasteiger partial charge in [0.1, 0.15) is 0 Å². The SMILES string of the molecule is CC(=O)N1CCN(C[C@@H]2OC[C@H](NC3Cc4ccccc4C3)[C@H]2O)CC1. The molecule has 1 aromatic rings.